The summed E-state index contributed by atoms with van der Waals surface area (Å²) >= 11 is 0. The molecule has 4 heteroatoms. The van der Waals surface area contributed by atoms with Crippen LogP contribution in [0, 0.1) is 11.8 Å². The van der Waals surface area contributed by atoms with Crippen LogP contribution in [0.15, 0.2) is 24.3 Å². The maximum atomic E-state index is 5.36. The molecule has 0 saturated heterocycles. The average molecular weight is 276 g/mol. The Balaban J connectivity index is 2.57. The number of methoxy groups -OCH3 is 2. The van der Waals surface area contributed by atoms with Gasteiger partial charge >= 0.3 is 0 Å². The van der Waals surface area contributed by atoms with Crippen molar-refractivity contribution in [2.45, 2.75) is 6.54 Å². The fourth-order valence-electron chi connectivity index (χ4n) is 1.82. The number of nitrogens with two attached hydrogens (primary N) is 1. The van der Waals surface area contributed by atoms with Crippen molar-refractivity contribution in [3.63, 3.8) is 0 Å². The van der Waals surface area contributed by atoms with E-state index in [1.807, 2.05) is 12.1 Å². The Labute approximate surface area is 121 Å². The number of rotatable bonds is 8. The van der Waals surface area contributed by atoms with Crippen molar-refractivity contribution in [1.29, 1.82) is 0 Å². The van der Waals surface area contributed by atoms with Gasteiger partial charge in [0.2, 0.25) is 0 Å². The lowest BCUT2D eigenvalue weighted by Crippen LogP contribution is -2.30. The second-order valence-electron chi connectivity index (χ2n) is 4.46. The van der Waals surface area contributed by atoms with Crippen molar-refractivity contribution in [1.82, 2.24) is 4.90 Å². The summed E-state index contributed by atoms with van der Waals surface area (Å²) in [7, 11) is 3.44. The third-order valence-corrected chi connectivity index (χ3v) is 2.92. The summed E-state index contributed by atoms with van der Waals surface area (Å²) in [6, 6.07) is 8.27. The Morgan fingerprint density at radius 2 is 1.65 bits per heavy atom. The van der Waals surface area contributed by atoms with Gasteiger partial charge in [0.1, 0.15) is 0 Å². The molecule has 0 heterocycles. The van der Waals surface area contributed by atoms with Gasteiger partial charge in [-0.2, -0.15) is 0 Å². The van der Waals surface area contributed by atoms with Crippen LogP contribution < -0.4 is 5.73 Å². The lowest BCUT2D eigenvalue weighted by molar-refractivity contribution is 0.110. The molecule has 0 unspecified atom stereocenters. The van der Waals surface area contributed by atoms with Crippen LogP contribution in [0.3, 0.4) is 0 Å². The number of benzene rings is 1. The van der Waals surface area contributed by atoms with Crippen molar-refractivity contribution < 1.29 is 9.47 Å². The van der Waals surface area contributed by atoms with Crippen LogP contribution in [0.1, 0.15) is 11.1 Å². The van der Waals surface area contributed by atoms with Crippen LogP contribution in [-0.2, 0) is 16.0 Å². The third kappa shape index (κ3) is 6.69. The van der Waals surface area contributed by atoms with E-state index in [0.29, 0.717) is 6.54 Å². The quantitative estimate of drug-likeness (QED) is 0.722. The molecule has 0 aromatic heterocycles. The molecule has 0 aliphatic rings. The molecular formula is C16H24N2O2. The summed E-state index contributed by atoms with van der Waals surface area (Å²) in [5.41, 5.74) is 7.62. The van der Waals surface area contributed by atoms with E-state index < -0.39 is 0 Å². The lowest BCUT2D eigenvalue weighted by atomic mass is 10.1. The summed E-state index contributed by atoms with van der Waals surface area (Å²) in [6.45, 7) is 4.53. The Hall–Kier alpha value is -1.38. The molecule has 0 atom stereocenters. The minimum atomic E-state index is 0.392. The fraction of sp³-hybridized carbons (Fsp3) is 0.500. The second kappa shape index (κ2) is 10.4. The molecule has 0 aliphatic heterocycles. The number of hydrogen-bond acceptors (Lipinski definition) is 4. The van der Waals surface area contributed by atoms with Crippen molar-refractivity contribution in [3.05, 3.63) is 35.4 Å². The molecule has 0 spiro atoms. The molecule has 0 fully saturated rings. The van der Waals surface area contributed by atoms with E-state index in [0.717, 1.165) is 38.4 Å². The molecule has 1 aromatic carbocycles. The standard InChI is InChI=1S/C16H24N2O2/c1-19-12-10-18(11-13-20-2)14-16-7-5-15(6-8-16)4-3-9-17/h5-8H,9-14,17H2,1-2H3. The van der Waals surface area contributed by atoms with Gasteiger partial charge in [-0.15, -0.1) is 0 Å². The SMILES string of the molecule is COCCN(CCOC)Cc1ccc(C#CCN)cc1. The Bertz CT molecular complexity index is 412. The van der Waals surface area contributed by atoms with Crippen molar-refractivity contribution in [2.75, 3.05) is 47.1 Å². The van der Waals surface area contributed by atoms with E-state index in [9.17, 15) is 0 Å². The summed E-state index contributed by atoms with van der Waals surface area (Å²) in [5, 5.41) is 0. The van der Waals surface area contributed by atoms with E-state index >= 15 is 0 Å². The molecule has 0 amide bonds. The zero-order chi connectivity index (χ0) is 14.6. The monoisotopic (exact) mass is 276 g/mol. The average Bonchev–Trinajstić information content (AvgIpc) is 2.49. The molecule has 4 nitrogen and oxygen atoms in total. The van der Waals surface area contributed by atoms with E-state index in [-0.39, 0.29) is 0 Å². The van der Waals surface area contributed by atoms with Gasteiger partial charge in [-0.3, -0.25) is 4.90 Å². The van der Waals surface area contributed by atoms with Crippen molar-refractivity contribution >= 4 is 0 Å². The van der Waals surface area contributed by atoms with Crippen LogP contribution in [-0.4, -0.2) is 52.0 Å². The first kappa shape index (κ1) is 16.7. The highest BCUT2D eigenvalue weighted by Crippen LogP contribution is 2.07. The highest BCUT2D eigenvalue weighted by atomic mass is 16.5. The topological polar surface area (TPSA) is 47.7 Å². The lowest BCUT2D eigenvalue weighted by Gasteiger charge is -2.21. The van der Waals surface area contributed by atoms with E-state index in [2.05, 4.69) is 28.9 Å². The van der Waals surface area contributed by atoms with Gasteiger partial charge in [0, 0.05) is 39.4 Å². The van der Waals surface area contributed by atoms with Gasteiger partial charge in [0.05, 0.1) is 19.8 Å². The molecule has 20 heavy (non-hydrogen) atoms. The molecule has 1 rings (SSSR count). The summed E-state index contributed by atoms with van der Waals surface area (Å²) < 4.78 is 10.3. The maximum absolute atomic E-state index is 5.36. The van der Waals surface area contributed by atoms with E-state index in [1.165, 1.54) is 5.56 Å². The van der Waals surface area contributed by atoms with Crippen LogP contribution in [0.4, 0.5) is 0 Å². The van der Waals surface area contributed by atoms with Gasteiger partial charge in [-0.1, -0.05) is 24.0 Å². The van der Waals surface area contributed by atoms with Crippen LogP contribution in [0.2, 0.25) is 0 Å². The minimum absolute atomic E-state index is 0.392. The van der Waals surface area contributed by atoms with Gasteiger partial charge in [0.25, 0.3) is 0 Å². The van der Waals surface area contributed by atoms with E-state index in [4.69, 9.17) is 15.2 Å². The molecule has 1 aromatic rings. The van der Waals surface area contributed by atoms with Gasteiger partial charge in [-0.05, 0) is 17.7 Å². The number of hydrogen-bond donors (Lipinski definition) is 1. The molecule has 0 saturated carbocycles. The third-order valence-electron chi connectivity index (χ3n) is 2.92. The Kier molecular flexibility index (Phi) is 8.68. The smallest absolute Gasteiger partial charge is 0.0589 e. The molecule has 0 aliphatic carbocycles. The molecule has 2 N–H and O–H groups in total. The van der Waals surface area contributed by atoms with Crippen LogP contribution in [0.5, 0.6) is 0 Å². The predicted molar refractivity (Wildman–Crippen MR) is 81.4 cm³/mol. The highest BCUT2D eigenvalue weighted by Gasteiger charge is 2.05. The Morgan fingerprint density at radius 3 is 2.15 bits per heavy atom. The first-order chi connectivity index (χ1) is 9.80. The molecule has 0 radical (unpaired) electrons. The highest BCUT2D eigenvalue weighted by molar-refractivity contribution is 5.36. The van der Waals surface area contributed by atoms with Gasteiger partial charge in [0.15, 0.2) is 0 Å². The number of ether oxygens (including phenoxy) is 2. The first-order valence-electron chi connectivity index (χ1n) is 6.78. The van der Waals surface area contributed by atoms with Gasteiger partial charge in [-0.25, -0.2) is 0 Å². The summed E-state index contributed by atoms with van der Waals surface area (Å²) in [6.07, 6.45) is 0. The van der Waals surface area contributed by atoms with E-state index in [1.54, 1.807) is 14.2 Å². The number of nitrogens with zero attached hydrogens (tertiary/aromatic N) is 1. The molecule has 0 bridgehead atoms. The van der Waals surface area contributed by atoms with Crippen LogP contribution in [0.25, 0.3) is 0 Å². The van der Waals surface area contributed by atoms with Crippen LogP contribution >= 0.6 is 0 Å². The molecule has 110 valence electrons. The fourth-order valence-corrected chi connectivity index (χ4v) is 1.82. The predicted octanol–water partition coefficient (Wildman–Crippen LogP) is 1.09. The summed E-state index contributed by atoms with van der Waals surface area (Å²) in [4.78, 5) is 2.31. The van der Waals surface area contributed by atoms with Gasteiger partial charge < -0.3 is 15.2 Å². The van der Waals surface area contributed by atoms with Crippen molar-refractivity contribution in [2.24, 2.45) is 5.73 Å². The Morgan fingerprint density at radius 1 is 1.05 bits per heavy atom. The maximum Gasteiger partial charge on any atom is 0.0589 e. The molecular weight excluding hydrogens is 252 g/mol. The second-order valence-corrected chi connectivity index (χ2v) is 4.46. The zero-order valence-electron chi connectivity index (χ0n) is 12.4. The largest absolute Gasteiger partial charge is 0.383 e. The summed E-state index contributed by atoms with van der Waals surface area (Å²) in [5.74, 6) is 5.88. The minimum Gasteiger partial charge on any atom is -0.383 e. The first-order valence-corrected chi connectivity index (χ1v) is 6.78. The zero-order valence-corrected chi connectivity index (χ0v) is 12.4. The normalized spacial score (nSPS) is 10.4. The van der Waals surface area contributed by atoms with Crippen molar-refractivity contribution in [3.8, 4) is 11.8 Å².